The molecule has 0 aliphatic rings. The van der Waals surface area contributed by atoms with Crippen LogP contribution in [0.25, 0.3) is 10.9 Å². The lowest BCUT2D eigenvalue weighted by atomic mass is 10.1. The normalized spacial score (nSPS) is 12.1. The number of amides is 1. The average molecular weight is 335 g/mol. The molecule has 7 heteroatoms. The number of halogens is 4. The van der Waals surface area contributed by atoms with Gasteiger partial charge in [0.15, 0.2) is 0 Å². The van der Waals surface area contributed by atoms with Gasteiger partial charge >= 0.3 is 6.18 Å². The lowest BCUT2D eigenvalue weighted by Gasteiger charge is -2.09. The van der Waals surface area contributed by atoms with Crippen molar-refractivity contribution >= 4 is 32.7 Å². The molecule has 0 unspecified atom stereocenters. The lowest BCUT2D eigenvalue weighted by molar-refractivity contribution is -0.128. The third-order valence-corrected chi connectivity index (χ3v) is 3.54. The molecule has 1 aromatic carbocycles. The first-order valence-electron chi connectivity index (χ1n) is 5.34. The minimum atomic E-state index is -4.30. The van der Waals surface area contributed by atoms with Crippen LogP contribution in [-0.4, -0.2) is 16.7 Å². The van der Waals surface area contributed by atoms with Crippen molar-refractivity contribution < 1.29 is 18.0 Å². The van der Waals surface area contributed by atoms with Crippen molar-refractivity contribution in [2.75, 3.05) is 0 Å². The minimum absolute atomic E-state index is 0.0862. The molecule has 3 nitrogen and oxygen atoms in total. The Morgan fingerprint density at radius 2 is 2.05 bits per heavy atom. The summed E-state index contributed by atoms with van der Waals surface area (Å²) in [7, 11) is 1.49. The van der Waals surface area contributed by atoms with Crippen LogP contribution in [0.5, 0.6) is 0 Å². The van der Waals surface area contributed by atoms with Crippen LogP contribution in [-0.2, 0) is 13.5 Å². The summed E-state index contributed by atoms with van der Waals surface area (Å²) in [4.78, 5) is 11.4. The molecular weight excluding hydrogens is 325 g/mol. The number of aryl methyl sites for hydroxylation is 1. The smallest absolute Gasteiger partial charge is 0.365 e. The van der Waals surface area contributed by atoms with Crippen molar-refractivity contribution in [1.82, 2.24) is 4.57 Å². The van der Waals surface area contributed by atoms with Crippen LogP contribution >= 0.6 is 15.9 Å². The number of benzene rings is 1. The van der Waals surface area contributed by atoms with Gasteiger partial charge in [-0.15, -0.1) is 0 Å². The van der Waals surface area contributed by atoms with Gasteiger partial charge in [-0.25, -0.2) is 0 Å². The average Bonchev–Trinajstić information content (AvgIpc) is 2.54. The van der Waals surface area contributed by atoms with Crippen molar-refractivity contribution in [3.8, 4) is 0 Å². The van der Waals surface area contributed by atoms with Crippen LogP contribution in [0, 0.1) is 0 Å². The van der Waals surface area contributed by atoms with Gasteiger partial charge in [0.1, 0.15) is 0 Å². The zero-order valence-electron chi connectivity index (χ0n) is 9.88. The summed E-state index contributed by atoms with van der Waals surface area (Å²) in [6, 6.07) is 4.66. The maximum Gasteiger partial charge on any atom is 0.394 e. The first-order valence-corrected chi connectivity index (χ1v) is 6.13. The van der Waals surface area contributed by atoms with E-state index < -0.39 is 18.5 Å². The van der Waals surface area contributed by atoms with Gasteiger partial charge in [-0.05, 0) is 28.1 Å². The highest BCUT2D eigenvalue weighted by molar-refractivity contribution is 9.10. The summed E-state index contributed by atoms with van der Waals surface area (Å²) in [6.07, 6.45) is -5.35. The van der Waals surface area contributed by atoms with Crippen molar-refractivity contribution in [1.29, 1.82) is 0 Å². The SMILES string of the molecule is Cn1c(CC(F)(F)F)cc2ccc(Br)c(C(N)=O)c21. The largest absolute Gasteiger partial charge is 0.394 e. The van der Waals surface area contributed by atoms with Gasteiger partial charge in [-0.1, -0.05) is 6.07 Å². The second-order valence-corrected chi connectivity index (χ2v) is 5.07. The van der Waals surface area contributed by atoms with E-state index in [-0.39, 0.29) is 11.3 Å². The molecule has 1 aromatic heterocycles. The van der Waals surface area contributed by atoms with Crippen molar-refractivity contribution in [2.24, 2.45) is 12.8 Å². The Bertz CT molecular complexity index is 661. The van der Waals surface area contributed by atoms with Gasteiger partial charge in [0.25, 0.3) is 5.91 Å². The van der Waals surface area contributed by atoms with Crippen LogP contribution in [0.2, 0.25) is 0 Å². The highest BCUT2D eigenvalue weighted by Gasteiger charge is 2.30. The van der Waals surface area contributed by atoms with Gasteiger partial charge in [-0.2, -0.15) is 13.2 Å². The quantitative estimate of drug-likeness (QED) is 0.901. The molecule has 0 radical (unpaired) electrons. The molecule has 19 heavy (non-hydrogen) atoms. The van der Waals surface area contributed by atoms with Crippen LogP contribution in [0.3, 0.4) is 0 Å². The topological polar surface area (TPSA) is 48.0 Å². The van der Waals surface area contributed by atoms with Crippen LogP contribution in [0.15, 0.2) is 22.7 Å². The second kappa shape index (κ2) is 4.56. The Morgan fingerprint density at radius 1 is 1.42 bits per heavy atom. The van der Waals surface area contributed by atoms with E-state index in [1.807, 2.05) is 0 Å². The maximum absolute atomic E-state index is 12.5. The van der Waals surface area contributed by atoms with Crippen molar-refractivity contribution in [2.45, 2.75) is 12.6 Å². The maximum atomic E-state index is 12.5. The summed E-state index contributed by atoms with van der Waals surface area (Å²) in [5, 5.41) is 0.554. The first-order chi connectivity index (χ1) is 8.70. The van der Waals surface area contributed by atoms with Crippen molar-refractivity contribution in [3.63, 3.8) is 0 Å². The molecule has 0 bridgehead atoms. The number of carbonyl (C=O) groups excluding carboxylic acids is 1. The second-order valence-electron chi connectivity index (χ2n) is 4.21. The zero-order chi connectivity index (χ0) is 14.4. The van der Waals surface area contributed by atoms with Gasteiger partial charge in [0.2, 0.25) is 0 Å². The van der Waals surface area contributed by atoms with Gasteiger partial charge in [-0.3, -0.25) is 4.79 Å². The van der Waals surface area contributed by atoms with E-state index in [0.717, 1.165) is 0 Å². The van der Waals surface area contributed by atoms with E-state index >= 15 is 0 Å². The lowest BCUT2D eigenvalue weighted by Crippen LogP contribution is -2.16. The molecular formula is C12H10BrF3N2O. The Kier molecular flexibility index (Phi) is 3.34. The molecule has 102 valence electrons. The van der Waals surface area contributed by atoms with E-state index in [1.54, 1.807) is 12.1 Å². The Hall–Kier alpha value is -1.50. The van der Waals surface area contributed by atoms with Gasteiger partial charge in [0.05, 0.1) is 17.5 Å². The monoisotopic (exact) mass is 334 g/mol. The minimum Gasteiger partial charge on any atom is -0.365 e. The summed E-state index contributed by atoms with van der Waals surface area (Å²) in [5.41, 5.74) is 5.96. The van der Waals surface area contributed by atoms with E-state index in [9.17, 15) is 18.0 Å². The summed E-state index contributed by atoms with van der Waals surface area (Å²) < 4.78 is 39.2. The molecule has 2 aromatic rings. The number of hydrogen-bond acceptors (Lipinski definition) is 1. The number of aromatic nitrogens is 1. The number of primary amides is 1. The van der Waals surface area contributed by atoms with E-state index in [1.165, 1.54) is 17.7 Å². The van der Waals surface area contributed by atoms with Gasteiger partial charge < -0.3 is 10.3 Å². The molecule has 0 saturated heterocycles. The van der Waals surface area contributed by atoms with E-state index in [4.69, 9.17) is 5.73 Å². The predicted octanol–water partition coefficient (Wildman–Crippen LogP) is 3.14. The van der Waals surface area contributed by atoms with Crippen LogP contribution in [0.4, 0.5) is 13.2 Å². The molecule has 0 atom stereocenters. The molecule has 1 amide bonds. The molecule has 0 aliphatic carbocycles. The summed E-state index contributed by atoms with van der Waals surface area (Å²) >= 11 is 3.19. The molecule has 2 N–H and O–H groups in total. The zero-order valence-corrected chi connectivity index (χ0v) is 11.5. The molecule has 0 fully saturated rings. The number of hydrogen-bond donors (Lipinski definition) is 1. The molecule has 0 saturated carbocycles. The number of nitrogens with zero attached hydrogens (tertiary/aromatic N) is 1. The highest BCUT2D eigenvalue weighted by atomic mass is 79.9. The number of rotatable bonds is 2. The Labute approximate surface area is 115 Å². The van der Waals surface area contributed by atoms with E-state index in [2.05, 4.69) is 15.9 Å². The Morgan fingerprint density at radius 3 is 2.58 bits per heavy atom. The standard InChI is InChI=1S/C12H10BrF3N2O/c1-18-7(5-12(14,15)16)4-6-2-3-8(13)9(10(6)18)11(17)19/h2-4H,5H2,1H3,(H2,17,19). The predicted molar refractivity (Wildman–Crippen MR) is 68.9 cm³/mol. The molecule has 2 rings (SSSR count). The number of nitrogens with two attached hydrogens (primary N) is 1. The molecule has 0 aliphatic heterocycles. The fourth-order valence-corrected chi connectivity index (χ4v) is 2.61. The highest BCUT2D eigenvalue weighted by Crippen LogP contribution is 2.31. The van der Waals surface area contributed by atoms with Gasteiger partial charge in [0, 0.05) is 22.6 Å². The number of alkyl halides is 3. The van der Waals surface area contributed by atoms with Crippen molar-refractivity contribution in [3.05, 3.63) is 33.9 Å². The third kappa shape index (κ3) is 2.60. The fraction of sp³-hybridized carbons (Fsp3) is 0.250. The summed E-state index contributed by atoms with van der Waals surface area (Å²) in [6.45, 7) is 0. The van der Waals surface area contributed by atoms with Crippen LogP contribution in [0.1, 0.15) is 16.1 Å². The molecule has 0 spiro atoms. The van der Waals surface area contributed by atoms with Crippen LogP contribution < -0.4 is 5.73 Å². The first kappa shape index (κ1) is 13.9. The number of fused-ring (bicyclic) bond motifs is 1. The number of carbonyl (C=O) groups is 1. The van der Waals surface area contributed by atoms with E-state index in [0.29, 0.717) is 15.4 Å². The molecule has 1 heterocycles. The fourth-order valence-electron chi connectivity index (χ4n) is 2.09. The third-order valence-electron chi connectivity index (χ3n) is 2.87. The summed E-state index contributed by atoms with van der Waals surface area (Å²) in [5.74, 6) is -0.683. The Balaban J connectivity index is 2.71.